The lowest BCUT2D eigenvalue weighted by molar-refractivity contribution is -0.120. The zero-order valence-electron chi connectivity index (χ0n) is 27.3. The average molecular weight is 659 g/mol. The van der Waals surface area contributed by atoms with Crippen LogP contribution in [0.5, 0.6) is 11.5 Å². The van der Waals surface area contributed by atoms with Crippen LogP contribution in [0.25, 0.3) is 10.9 Å². The number of hydrogen-bond acceptors (Lipinski definition) is 9. The van der Waals surface area contributed by atoms with Gasteiger partial charge < -0.3 is 29.7 Å². The first-order valence-electron chi connectivity index (χ1n) is 16.4. The van der Waals surface area contributed by atoms with Crippen LogP contribution in [0.4, 0.5) is 17.2 Å². The predicted molar refractivity (Wildman–Crippen MR) is 187 cm³/mol. The number of nitrogens with one attached hydrogen (secondary N) is 2. The number of aromatic nitrogens is 2. The molecule has 5 aromatic rings. The van der Waals surface area contributed by atoms with E-state index in [2.05, 4.69) is 25.5 Å². The standard InChI is InChI=1S/C38H38N6O5/c1-47-33-23-32-31(22-34(33)49-18-8-15-43-16-19-48-20-17-43)36(40-25-39-32)41-28-12-7-13-29(21-28)42-37(45)35(26-9-3-2-4-10-26)44-24-27-11-5-6-14-30(27)38(44)46/h2-7,9-14,21-23,25,35H,8,15-20,24H2,1H3,(H,42,45)(H,39,40,41). The lowest BCUT2D eigenvalue weighted by Gasteiger charge is -2.27. The van der Waals surface area contributed by atoms with Crippen molar-refractivity contribution >= 4 is 39.9 Å². The van der Waals surface area contributed by atoms with Gasteiger partial charge in [0.15, 0.2) is 11.5 Å². The number of carbonyl (C=O) groups excluding carboxylic acids is 2. The maximum absolute atomic E-state index is 14.0. The van der Waals surface area contributed by atoms with Crippen molar-refractivity contribution in [1.29, 1.82) is 0 Å². The highest BCUT2D eigenvalue weighted by atomic mass is 16.5. The number of fused-ring (bicyclic) bond motifs is 2. The lowest BCUT2D eigenvalue weighted by Crippen LogP contribution is -2.37. The van der Waals surface area contributed by atoms with Crippen LogP contribution in [0, 0.1) is 0 Å². The third-order valence-electron chi connectivity index (χ3n) is 8.82. The van der Waals surface area contributed by atoms with Crippen molar-refractivity contribution in [3.05, 3.63) is 114 Å². The van der Waals surface area contributed by atoms with Gasteiger partial charge in [-0.1, -0.05) is 54.6 Å². The number of methoxy groups -OCH3 is 1. The van der Waals surface area contributed by atoms with Crippen molar-refractivity contribution in [3.8, 4) is 11.5 Å². The van der Waals surface area contributed by atoms with Crippen molar-refractivity contribution < 1.29 is 23.8 Å². The zero-order valence-corrected chi connectivity index (χ0v) is 27.3. The van der Waals surface area contributed by atoms with Crippen LogP contribution in [-0.4, -0.2) is 78.1 Å². The molecular weight excluding hydrogens is 620 g/mol. The highest BCUT2D eigenvalue weighted by Gasteiger charge is 2.37. The van der Waals surface area contributed by atoms with E-state index in [0.717, 1.165) is 55.8 Å². The number of rotatable bonds is 12. The van der Waals surface area contributed by atoms with Crippen molar-refractivity contribution in [2.75, 3.05) is 57.2 Å². The number of anilines is 3. The van der Waals surface area contributed by atoms with Gasteiger partial charge in [-0.05, 0) is 47.9 Å². The minimum absolute atomic E-state index is 0.164. The van der Waals surface area contributed by atoms with Crippen LogP contribution < -0.4 is 20.1 Å². The molecule has 0 aliphatic carbocycles. The van der Waals surface area contributed by atoms with E-state index in [9.17, 15) is 9.59 Å². The Morgan fingerprint density at radius 3 is 2.53 bits per heavy atom. The van der Waals surface area contributed by atoms with E-state index in [-0.39, 0.29) is 11.8 Å². The van der Waals surface area contributed by atoms with Crippen LogP contribution in [0.3, 0.4) is 0 Å². The van der Waals surface area contributed by atoms with Crippen molar-refractivity contribution in [2.24, 2.45) is 0 Å². The molecule has 0 spiro atoms. The second kappa shape index (κ2) is 14.7. The Bertz CT molecular complexity index is 1950. The molecule has 0 radical (unpaired) electrons. The van der Waals surface area contributed by atoms with E-state index in [1.54, 1.807) is 12.0 Å². The molecule has 1 saturated heterocycles. The summed E-state index contributed by atoms with van der Waals surface area (Å²) in [6.45, 7) is 5.26. The molecular formula is C38H38N6O5. The summed E-state index contributed by atoms with van der Waals surface area (Å²) in [7, 11) is 1.61. The van der Waals surface area contributed by atoms with Gasteiger partial charge in [0.25, 0.3) is 11.8 Å². The topological polar surface area (TPSA) is 118 Å². The van der Waals surface area contributed by atoms with Gasteiger partial charge in [0.05, 0.1) is 32.4 Å². The molecule has 7 rings (SSSR count). The first kappa shape index (κ1) is 32.0. The Morgan fingerprint density at radius 1 is 0.918 bits per heavy atom. The smallest absolute Gasteiger partial charge is 0.255 e. The van der Waals surface area contributed by atoms with Crippen LogP contribution in [-0.2, 0) is 16.1 Å². The Morgan fingerprint density at radius 2 is 1.71 bits per heavy atom. The van der Waals surface area contributed by atoms with E-state index in [1.807, 2.05) is 91.0 Å². The number of carbonyl (C=O) groups is 2. The van der Waals surface area contributed by atoms with Gasteiger partial charge in [0, 0.05) is 54.6 Å². The molecule has 250 valence electrons. The van der Waals surface area contributed by atoms with Gasteiger partial charge in [0.1, 0.15) is 18.2 Å². The van der Waals surface area contributed by atoms with Crippen LogP contribution in [0.2, 0.25) is 0 Å². The largest absolute Gasteiger partial charge is 0.493 e. The number of morpholine rings is 1. The van der Waals surface area contributed by atoms with E-state index < -0.39 is 6.04 Å². The van der Waals surface area contributed by atoms with Crippen LogP contribution >= 0.6 is 0 Å². The molecule has 3 heterocycles. The predicted octanol–water partition coefficient (Wildman–Crippen LogP) is 5.82. The summed E-state index contributed by atoms with van der Waals surface area (Å²) in [5.41, 5.74) is 4.24. The summed E-state index contributed by atoms with van der Waals surface area (Å²) in [6, 6.07) is 27.2. The molecule has 4 aromatic carbocycles. The number of benzene rings is 4. The van der Waals surface area contributed by atoms with Crippen LogP contribution in [0.1, 0.15) is 33.9 Å². The maximum Gasteiger partial charge on any atom is 0.255 e. The van der Waals surface area contributed by atoms with E-state index in [0.29, 0.717) is 52.9 Å². The molecule has 1 fully saturated rings. The minimum Gasteiger partial charge on any atom is -0.493 e. The second-order valence-corrected chi connectivity index (χ2v) is 12.0. The average Bonchev–Trinajstić information content (AvgIpc) is 3.46. The molecule has 1 atom stereocenters. The molecule has 2 aliphatic rings. The Kier molecular flexibility index (Phi) is 9.62. The van der Waals surface area contributed by atoms with Crippen molar-refractivity contribution in [2.45, 2.75) is 19.0 Å². The summed E-state index contributed by atoms with van der Waals surface area (Å²) in [5.74, 6) is 1.32. The third kappa shape index (κ3) is 7.18. The molecule has 0 saturated carbocycles. The summed E-state index contributed by atoms with van der Waals surface area (Å²) < 4.78 is 17.3. The van der Waals surface area contributed by atoms with Crippen LogP contribution in [0.15, 0.2) is 97.3 Å². The highest BCUT2D eigenvalue weighted by Crippen LogP contribution is 2.36. The number of ether oxygens (including phenoxy) is 3. The molecule has 11 heteroatoms. The molecule has 2 N–H and O–H groups in total. The Balaban J connectivity index is 1.08. The number of hydrogen-bond donors (Lipinski definition) is 2. The fourth-order valence-electron chi connectivity index (χ4n) is 6.35. The van der Waals surface area contributed by atoms with Gasteiger partial charge in [-0.2, -0.15) is 0 Å². The van der Waals surface area contributed by atoms with E-state index >= 15 is 0 Å². The molecule has 2 amide bonds. The number of amides is 2. The van der Waals surface area contributed by atoms with E-state index in [1.165, 1.54) is 6.33 Å². The van der Waals surface area contributed by atoms with Gasteiger partial charge in [0.2, 0.25) is 0 Å². The monoisotopic (exact) mass is 658 g/mol. The van der Waals surface area contributed by atoms with Gasteiger partial charge in [-0.25, -0.2) is 9.97 Å². The quantitative estimate of drug-likeness (QED) is 0.160. The summed E-state index contributed by atoms with van der Waals surface area (Å²) >= 11 is 0. The summed E-state index contributed by atoms with van der Waals surface area (Å²) in [5, 5.41) is 7.20. The van der Waals surface area contributed by atoms with Gasteiger partial charge in [-0.15, -0.1) is 0 Å². The summed E-state index contributed by atoms with van der Waals surface area (Å²) in [6.07, 6.45) is 2.37. The SMILES string of the molecule is COc1cc2ncnc(Nc3cccc(NC(=O)C(c4ccccc4)N4Cc5ccccc5C4=O)c3)c2cc1OCCCN1CCOCC1. The number of nitrogens with zero attached hydrogens (tertiary/aromatic N) is 4. The lowest BCUT2D eigenvalue weighted by atomic mass is 10.0. The second-order valence-electron chi connectivity index (χ2n) is 12.0. The fourth-order valence-corrected chi connectivity index (χ4v) is 6.35. The maximum atomic E-state index is 14.0. The molecule has 11 nitrogen and oxygen atoms in total. The Labute approximate surface area is 284 Å². The first-order valence-corrected chi connectivity index (χ1v) is 16.4. The summed E-state index contributed by atoms with van der Waals surface area (Å²) in [4.78, 5) is 40.4. The van der Waals surface area contributed by atoms with Crippen molar-refractivity contribution in [3.63, 3.8) is 0 Å². The van der Waals surface area contributed by atoms with Gasteiger partial charge in [-0.3, -0.25) is 14.5 Å². The molecule has 1 aromatic heterocycles. The minimum atomic E-state index is -0.814. The van der Waals surface area contributed by atoms with Crippen molar-refractivity contribution in [1.82, 2.24) is 19.8 Å². The molecule has 1 unspecified atom stereocenters. The molecule has 49 heavy (non-hydrogen) atoms. The highest BCUT2D eigenvalue weighted by molar-refractivity contribution is 6.04. The zero-order chi connectivity index (χ0) is 33.6. The Hall–Kier alpha value is -5.52. The molecule has 2 aliphatic heterocycles. The van der Waals surface area contributed by atoms with Gasteiger partial charge >= 0.3 is 0 Å². The normalized spacial score (nSPS) is 15.1. The first-order chi connectivity index (χ1) is 24.1. The van der Waals surface area contributed by atoms with E-state index in [4.69, 9.17) is 14.2 Å². The molecule has 0 bridgehead atoms. The third-order valence-corrected chi connectivity index (χ3v) is 8.82. The fraction of sp³-hybridized carbons (Fsp3) is 0.263.